The van der Waals surface area contributed by atoms with E-state index in [1.807, 2.05) is 0 Å². The first-order chi connectivity index (χ1) is 18.6. The standard InChI is InChI=1S/C26H24F4N6O3/c1-3-20(25(38)31-14-17-9-11-18(27)12-10-17)36(21-7-5-4-6-19(21)26(28,29)30)23(37)15-35-33-24(32-34-35)22-13-8-16(2)39-22/h4-13,20H,3,14-15H2,1-2H3,(H,31,38)/t20-/m1/s1. The van der Waals surface area contributed by atoms with Crippen LogP contribution in [-0.2, 0) is 28.9 Å². The van der Waals surface area contributed by atoms with Crippen LogP contribution < -0.4 is 10.2 Å². The second-order valence-electron chi connectivity index (χ2n) is 8.60. The minimum atomic E-state index is -4.80. The molecule has 2 heterocycles. The van der Waals surface area contributed by atoms with Crippen molar-refractivity contribution in [3.63, 3.8) is 0 Å². The maximum atomic E-state index is 13.9. The van der Waals surface area contributed by atoms with Crippen molar-refractivity contribution >= 4 is 17.5 Å². The first-order valence-electron chi connectivity index (χ1n) is 11.9. The number of carbonyl (C=O) groups is 2. The van der Waals surface area contributed by atoms with E-state index in [4.69, 9.17) is 4.42 Å². The highest BCUT2D eigenvalue weighted by molar-refractivity contribution is 6.01. The van der Waals surface area contributed by atoms with Crippen LogP contribution in [0.1, 0.15) is 30.2 Å². The first kappa shape index (κ1) is 27.5. The van der Waals surface area contributed by atoms with Gasteiger partial charge in [0.25, 0.3) is 5.91 Å². The molecule has 0 unspecified atom stereocenters. The zero-order valence-electron chi connectivity index (χ0n) is 20.9. The van der Waals surface area contributed by atoms with Crippen LogP contribution in [0.2, 0.25) is 0 Å². The van der Waals surface area contributed by atoms with E-state index < -0.39 is 47.6 Å². The van der Waals surface area contributed by atoms with Crippen molar-refractivity contribution in [1.82, 2.24) is 25.5 Å². The predicted octanol–water partition coefficient (Wildman–Crippen LogP) is 4.53. The van der Waals surface area contributed by atoms with Gasteiger partial charge in [-0.05, 0) is 60.5 Å². The lowest BCUT2D eigenvalue weighted by atomic mass is 10.1. The molecule has 2 amide bonds. The van der Waals surface area contributed by atoms with E-state index in [0.29, 0.717) is 17.1 Å². The van der Waals surface area contributed by atoms with E-state index in [2.05, 4.69) is 20.7 Å². The number of para-hydroxylation sites is 1. The van der Waals surface area contributed by atoms with E-state index in [-0.39, 0.29) is 18.8 Å². The van der Waals surface area contributed by atoms with Crippen LogP contribution in [0, 0.1) is 12.7 Å². The molecule has 204 valence electrons. The smallest absolute Gasteiger partial charge is 0.418 e. The molecule has 2 aromatic carbocycles. The lowest BCUT2D eigenvalue weighted by Gasteiger charge is -2.32. The van der Waals surface area contributed by atoms with E-state index in [1.54, 1.807) is 26.0 Å². The molecule has 13 heteroatoms. The molecule has 2 aromatic heterocycles. The van der Waals surface area contributed by atoms with Crippen LogP contribution in [0.3, 0.4) is 0 Å². The number of benzene rings is 2. The normalized spacial score (nSPS) is 12.3. The Morgan fingerprint density at radius 1 is 1.08 bits per heavy atom. The number of anilines is 1. The minimum absolute atomic E-state index is 0.00507. The number of amides is 2. The Kier molecular flexibility index (Phi) is 8.07. The number of rotatable bonds is 9. The Morgan fingerprint density at radius 3 is 2.44 bits per heavy atom. The minimum Gasteiger partial charge on any atom is -0.458 e. The number of furan rings is 1. The van der Waals surface area contributed by atoms with Gasteiger partial charge in [0.05, 0.1) is 11.3 Å². The van der Waals surface area contributed by atoms with Gasteiger partial charge in [-0.1, -0.05) is 31.2 Å². The molecule has 4 aromatic rings. The molecule has 0 aliphatic heterocycles. The van der Waals surface area contributed by atoms with Crippen LogP contribution >= 0.6 is 0 Å². The van der Waals surface area contributed by atoms with Crippen molar-refractivity contribution in [2.24, 2.45) is 0 Å². The number of hydrogen-bond acceptors (Lipinski definition) is 6. The summed E-state index contributed by atoms with van der Waals surface area (Å²) in [6, 6.07) is 11.9. The van der Waals surface area contributed by atoms with Gasteiger partial charge in [-0.2, -0.15) is 18.0 Å². The maximum absolute atomic E-state index is 13.9. The summed E-state index contributed by atoms with van der Waals surface area (Å²) in [7, 11) is 0. The molecular formula is C26H24F4N6O3. The van der Waals surface area contributed by atoms with Gasteiger partial charge in [0.1, 0.15) is 24.2 Å². The largest absolute Gasteiger partial charge is 0.458 e. The third-order valence-electron chi connectivity index (χ3n) is 5.81. The molecule has 9 nitrogen and oxygen atoms in total. The van der Waals surface area contributed by atoms with E-state index in [1.165, 1.54) is 36.4 Å². The summed E-state index contributed by atoms with van der Waals surface area (Å²) in [6.07, 6.45) is -4.80. The van der Waals surface area contributed by atoms with Crippen molar-refractivity contribution in [2.75, 3.05) is 4.90 Å². The second-order valence-corrected chi connectivity index (χ2v) is 8.60. The zero-order chi connectivity index (χ0) is 28.2. The highest BCUT2D eigenvalue weighted by Gasteiger charge is 2.39. The second kappa shape index (κ2) is 11.5. The fraction of sp³-hybridized carbons (Fsp3) is 0.269. The lowest BCUT2D eigenvalue weighted by Crippen LogP contribution is -2.51. The average molecular weight is 545 g/mol. The van der Waals surface area contributed by atoms with Crippen molar-refractivity contribution in [3.05, 3.63) is 83.4 Å². The van der Waals surface area contributed by atoms with Crippen molar-refractivity contribution in [2.45, 2.75) is 45.6 Å². The summed E-state index contributed by atoms with van der Waals surface area (Å²) in [5.41, 5.74) is -0.997. The predicted molar refractivity (Wildman–Crippen MR) is 132 cm³/mol. The number of aromatic nitrogens is 4. The Morgan fingerprint density at radius 2 is 1.79 bits per heavy atom. The Bertz CT molecular complexity index is 1450. The fourth-order valence-corrected chi connectivity index (χ4v) is 3.95. The summed E-state index contributed by atoms with van der Waals surface area (Å²) >= 11 is 0. The quantitative estimate of drug-likeness (QED) is 0.311. The summed E-state index contributed by atoms with van der Waals surface area (Å²) in [6.45, 7) is 2.68. The highest BCUT2D eigenvalue weighted by atomic mass is 19.4. The highest BCUT2D eigenvalue weighted by Crippen LogP contribution is 2.37. The van der Waals surface area contributed by atoms with Crippen LogP contribution in [-0.4, -0.2) is 38.1 Å². The SMILES string of the molecule is CC[C@H](C(=O)NCc1ccc(F)cc1)N(C(=O)Cn1nnc(-c2ccc(C)o2)n1)c1ccccc1C(F)(F)F. The van der Waals surface area contributed by atoms with Crippen LogP contribution in [0.4, 0.5) is 23.2 Å². The molecule has 0 saturated carbocycles. The molecule has 0 bridgehead atoms. The molecule has 0 saturated heterocycles. The van der Waals surface area contributed by atoms with Gasteiger partial charge in [0, 0.05) is 6.54 Å². The molecule has 0 aliphatic carbocycles. The number of tetrazole rings is 1. The fourth-order valence-electron chi connectivity index (χ4n) is 3.95. The molecule has 0 radical (unpaired) electrons. The number of nitrogens with one attached hydrogen (secondary N) is 1. The third kappa shape index (κ3) is 6.48. The summed E-state index contributed by atoms with van der Waals surface area (Å²) < 4.78 is 60.5. The van der Waals surface area contributed by atoms with E-state index >= 15 is 0 Å². The summed E-state index contributed by atoms with van der Waals surface area (Å²) in [5, 5.41) is 14.4. The van der Waals surface area contributed by atoms with Gasteiger partial charge in [-0.3, -0.25) is 14.5 Å². The monoisotopic (exact) mass is 544 g/mol. The van der Waals surface area contributed by atoms with Crippen LogP contribution in [0.5, 0.6) is 0 Å². The Labute approximate surface area is 220 Å². The topological polar surface area (TPSA) is 106 Å². The average Bonchev–Trinajstić information content (AvgIpc) is 3.55. The number of aryl methyl sites for hydroxylation is 1. The number of halogens is 4. The number of nitrogens with zero attached hydrogens (tertiary/aromatic N) is 5. The third-order valence-corrected chi connectivity index (χ3v) is 5.81. The zero-order valence-corrected chi connectivity index (χ0v) is 20.9. The van der Waals surface area contributed by atoms with Gasteiger partial charge in [-0.25, -0.2) is 4.39 Å². The van der Waals surface area contributed by atoms with Crippen LogP contribution in [0.25, 0.3) is 11.6 Å². The molecule has 0 spiro atoms. The molecule has 0 aliphatic rings. The van der Waals surface area contributed by atoms with Gasteiger partial charge >= 0.3 is 6.18 Å². The van der Waals surface area contributed by atoms with Crippen molar-refractivity contribution in [1.29, 1.82) is 0 Å². The summed E-state index contributed by atoms with van der Waals surface area (Å²) in [5.74, 6) is -1.02. The van der Waals surface area contributed by atoms with E-state index in [0.717, 1.165) is 21.8 Å². The van der Waals surface area contributed by atoms with Gasteiger partial charge in [0.2, 0.25) is 11.7 Å². The molecule has 1 N–H and O–H groups in total. The number of alkyl halides is 3. The molecule has 39 heavy (non-hydrogen) atoms. The molecule has 4 rings (SSSR count). The first-order valence-corrected chi connectivity index (χ1v) is 11.9. The van der Waals surface area contributed by atoms with E-state index in [9.17, 15) is 27.2 Å². The van der Waals surface area contributed by atoms with Gasteiger partial charge < -0.3 is 9.73 Å². The van der Waals surface area contributed by atoms with Gasteiger partial charge in [0.15, 0.2) is 5.76 Å². The molecule has 1 atom stereocenters. The Hall–Kier alpha value is -4.55. The van der Waals surface area contributed by atoms with Crippen molar-refractivity contribution in [3.8, 4) is 11.6 Å². The number of carbonyl (C=O) groups excluding carboxylic acids is 2. The van der Waals surface area contributed by atoms with Gasteiger partial charge in [-0.15, -0.1) is 10.2 Å². The summed E-state index contributed by atoms with van der Waals surface area (Å²) in [4.78, 5) is 28.5. The number of hydrogen-bond donors (Lipinski definition) is 1. The Balaban J connectivity index is 1.64. The molecular weight excluding hydrogens is 520 g/mol. The maximum Gasteiger partial charge on any atom is 0.418 e. The molecule has 0 fully saturated rings. The van der Waals surface area contributed by atoms with Crippen LogP contribution in [0.15, 0.2) is 65.1 Å². The lowest BCUT2D eigenvalue weighted by molar-refractivity contribution is -0.137. The van der Waals surface area contributed by atoms with Crippen molar-refractivity contribution < 1.29 is 31.6 Å².